The van der Waals surface area contributed by atoms with Gasteiger partial charge < -0.3 is 10.1 Å². The molecule has 3 nitrogen and oxygen atoms in total. The van der Waals surface area contributed by atoms with Crippen LogP contribution < -0.4 is 10.1 Å². The number of nitrogens with zero attached hydrogens (tertiary/aromatic N) is 1. The van der Waals surface area contributed by atoms with Gasteiger partial charge in [-0.2, -0.15) is 5.26 Å². The number of rotatable bonds is 4. The lowest BCUT2D eigenvalue weighted by atomic mass is 10.2. The monoisotopic (exact) mass is 224 g/mol. The summed E-state index contributed by atoms with van der Waals surface area (Å²) >= 11 is 5.88. The number of methoxy groups -OCH3 is 1. The molecule has 0 radical (unpaired) electrons. The van der Waals surface area contributed by atoms with E-state index in [1.54, 1.807) is 13.2 Å². The van der Waals surface area contributed by atoms with Gasteiger partial charge in [0.1, 0.15) is 5.75 Å². The second kappa shape index (κ2) is 5.47. The van der Waals surface area contributed by atoms with Gasteiger partial charge in [0.2, 0.25) is 0 Å². The summed E-state index contributed by atoms with van der Waals surface area (Å²) in [7, 11) is 1.57. The number of hydrogen-bond donors (Lipinski definition) is 1. The van der Waals surface area contributed by atoms with E-state index in [1.165, 1.54) is 0 Å². The van der Waals surface area contributed by atoms with E-state index in [-0.39, 0.29) is 5.92 Å². The van der Waals surface area contributed by atoms with Crippen molar-refractivity contribution < 1.29 is 4.74 Å². The number of hydrogen-bond acceptors (Lipinski definition) is 3. The highest BCUT2D eigenvalue weighted by molar-refractivity contribution is 6.32. The van der Waals surface area contributed by atoms with Crippen LogP contribution in [0.4, 0.5) is 5.69 Å². The van der Waals surface area contributed by atoms with Gasteiger partial charge in [0.15, 0.2) is 0 Å². The summed E-state index contributed by atoms with van der Waals surface area (Å²) in [6.07, 6.45) is 0. The van der Waals surface area contributed by atoms with Crippen LogP contribution in [-0.2, 0) is 0 Å². The normalized spacial score (nSPS) is 11.6. The van der Waals surface area contributed by atoms with Gasteiger partial charge in [0.05, 0.1) is 24.1 Å². The van der Waals surface area contributed by atoms with Crippen LogP contribution in [0.1, 0.15) is 6.92 Å². The molecular weight excluding hydrogens is 212 g/mol. The van der Waals surface area contributed by atoms with Crippen LogP contribution in [-0.4, -0.2) is 13.7 Å². The smallest absolute Gasteiger partial charge is 0.139 e. The maximum Gasteiger partial charge on any atom is 0.139 e. The zero-order valence-corrected chi connectivity index (χ0v) is 9.51. The predicted octanol–water partition coefficient (Wildman–Crippen LogP) is 2.92. The molecule has 0 bridgehead atoms. The quantitative estimate of drug-likeness (QED) is 0.855. The van der Waals surface area contributed by atoms with Gasteiger partial charge in [-0.3, -0.25) is 0 Å². The molecule has 80 valence electrons. The van der Waals surface area contributed by atoms with E-state index in [0.717, 1.165) is 5.69 Å². The molecule has 1 aromatic rings. The molecule has 1 atom stereocenters. The number of nitriles is 1. The summed E-state index contributed by atoms with van der Waals surface area (Å²) in [5.74, 6) is 0.609. The van der Waals surface area contributed by atoms with E-state index >= 15 is 0 Å². The second-order valence-electron chi connectivity index (χ2n) is 3.26. The van der Waals surface area contributed by atoms with Crippen LogP contribution >= 0.6 is 11.6 Å². The third-order valence-corrected chi connectivity index (χ3v) is 2.30. The summed E-state index contributed by atoms with van der Waals surface area (Å²) in [5.41, 5.74) is 0.901. The summed E-state index contributed by atoms with van der Waals surface area (Å²) < 4.78 is 5.08. The number of nitrogens with one attached hydrogen (secondary N) is 1. The highest BCUT2D eigenvalue weighted by Gasteiger charge is 2.03. The zero-order chi connectivity index (χ0) is 11.3. The molecule has 0 aliphatic rings. The Balaban J connectivity index is 2.67. The van der Waals surface area contributed by atoms with Crippen LogP contribution in [0.25, 0.3) is 0 Å². The van der Waals surface area contributed by atoms with E-state index in [9.17, 15) is 0 Å². The van der Waals surface area contributed by atoms with E-state index in [4.69, 9.17) is 21.6 Å². The Morgan fingerprint density at radius 2 is 2.33 bits per heavy atom. The van der Waals surface area contributed by atoms with Crippen molar-refractivity contribution in [2.24, 2.45) is 5.92 Å². The van der Waals surface area contributed by atoms with Crippen LogP contribution in [0.3, 0.4) is 0 Å². The number of ether oxygens (including phenoxy) is 1. The van der Waals surface area contributed by atoms with Crippen molar-refractivity contribution in [2.75, 3.05) is 19.0 Å². The van der Waals surface area contributed by atoms with Gasteiger partial charge in [-0.05, 0) is 19.1 Å². The van der Waals surface area contributed by atoms with Crippen molar-refractivity contribution in [3.05, 3.63) is 23.2 Å². The molecule has 0 amide bonds. The average molecular weight is 225 g/mol. The molecule has 1 unspecified atom stereocenters. The highest BCUT2D eigenvalue weighted by Crippen LogP contribution is 2.27. The maximum atomic E-state index is 8.62. The summed E-state index contributed by atoms with van der Waals surface area (Å²) in [4.78, 5) is 0. The molecule has 0 saturated carbocycles. The van der Waals surface area contributed by atoms with Gasteiger partial charge in [-0.25, -0.2) is 0 Å². The Morgan fingerprint density at radius 3 is 2.93 bits per heavy atom. The molecule has 0 saturated heterocycles. The first-order chi connectivity index (χ1) is 7.17. The van der Waals surface area contributed by atoms with E-state index in [0.29, 0.717) is 17.3 Å². The van der Waals surface area contributed by atoms with Gasteiger partial charge in [0, 0.05) is 18.3 Å². The lowest BCUT2D eigenvalue weighted by Gasteiger charge is -2.09. The highest BCUT2D eigenvalue weighted by atomic mass is 35.5. The Morgan fingerprint density at radius 1 is 1.60 bits per heavy atom. The van der Waals surface area contributed by atoms with E-state index in [2.05, 4.69) is 11.4 Å². The second-order valence-corrected chi connectivity index (χ2v) is 3.67. The molecular formula is C11H13ClN2O. The lowest BCUT2D eigenvalue weighted by Crippen LogP contribution is -2.09. The van der Waals surface area contributed by atoms with E-state index < -0.39 is 0 Å². The topological polar surface area (TPSA) is 45.0 Å². The van der Waals surface area contributed by atoms with Crippen molar-refractivity contribution in [3.63, 3.8) is 0 Å². The molecule has 1 N–H and O–H groups in total. The molecule has 0 fully saturated rings. The first-order valence-electron chi connectivity index (χ1n) is 4.64. The fraction of sp³-hybridized carbons (Fsp3) is 0.364. The fourth-order valence-corrected chi connectivity index (χ4v) is 1.28. The fourth-order valence-electron chi connectivity index (χ4n) is 1.09. The Bertz CT molecular complexity index is 373. The van der Waals surface area contributed by atoms with Crippen LogP contribution in [0.5, 0.6) is 5.75 Å². The molecule has 1 rings (SSSR count). The van der Waals surface area contributed by atoms with Crippen molar-refractivity contribution in [3.8, 4) is 11.8 Å². The standard InChI is InChI=1S/C11H13ClN2O/c1-8(6-13)7-14-9-3-4-10(12)11(5-9)15-2/h3-5,8,14H,7H2,1-2H3. The van der Waals surface area contributed by atoms with Crippen molar-refractivity contribution >= 4 is 17.3 Å². The van der Waals surface area contributed by atoms with Crippen LogP contribution in [0, 0.1) is 17.2 Å². The van der Waals surface area contributed by atoms with Gasteiger partial charge in [-0.15, -0.1) is 0 Å². The van der Waals surface area contributed by atoms with Gasteiger partial charge >= 0.3 is 0 Å². The molecule has 0 aliphatic heterocycles. The average Bonchev–Trinajstić information content (AvgIpc) is 2.27. The summed E-state index contributed by atoms with van der Waals surface area (Å²) in [6, 6.07) is 7.59. The predicted molar refractivity (Wildman–Crippen MR) is 61.3 cm³/mol. The van der Waals surface area contributed by atoms with Gasteiger partial charge in [0.25, 0.3) is 0 Å². The molecule has 0 spiro atoms. The first-order valence-corrected chi connectivity index (χ1v) is 5.02. The number of anilines is 1. The minimum atomic E-state index is -0.0216. The Kier molecular flexibility index (Phi) is 4.26. The number of benzene rings is 1. The Hall–Kier alpha value is -1.40. The summed E-state index contributed by atoms with van der Waals surface area (Å²) in [5, 5.41) is 12.3. The largest absolute Gasteiger partial charge is 0.495 e. The van der Waals surface area contributed by atoms with Crippen molar-refractivity contribution in [2.45, 2.75) is 6.92 Å². The van der Waals surface area contributed by atoms with Crippen molar-refractivity contribution in [1.82, 2.24) is 0 Å². The SMILES string of the molecule is COc1cc(NCC(C)C#N)ccc1Cl. The molecule has 1 aromatic carbocycles. The number of halogens is 1. The minimum Gasteiger partial charge on any atom is -0.495 e. The molecule has 4 heteroatoms. The van der Waals surface area contributed by atoms with E-state index in [1.807, 2.05) is 19.1 Å². The third-order valence-electron chi connectivity index (χ3n) is 1.98. The molecule has 0 heterocycles. The molecule has 0 aliphatic carbocycles. The first kappa shape index (κ1) is 11.7. The maximum absolute atomic E-state index is 8.62. The zero-order valence-electron chi connectivity index (χ0n) is 8.75. The molecule has 15 heavy (non-hydrogen) atoms. The summed E-state index contributed by atoms with van der Waals surface area (Å²) in [6.45, 7) is 2.47. The third kappa shape index (κ3) is 3.34. The Labute approximate surface area is 94.6 Å². The lowest BCUT2D eigenvalue weighted by molar-refractivity contribution is 0.415. The van der Waals surface area contributed by atoms with Crippen LogP contribution in [0.2, 0.25) is 5.02 Å². The van der Waals surface area contributed by atoms with Crippen molar-refractivity contribution in [1.29, 1.82) is 5.26 Å². The van der Waals surface area contributed by atoms with Crippen LogP contribution in [0.15, 0.2) is 18.2 Å². The minimum absolute atomic E-state index is 0.0216. The van der Waals surface area contributed by atoms with Gasteiger partial charge in [-0.1, -0.05) is 11.6 Å². The molecule has 0 aromatic heterocycles.